The van der Waals surface area contributed by atoms with Crippen molar-refractivity contribution in [2.24, 2.45) is 5.92 Å². The third-order valence-electron chi connectivity index (χ3n) is 4.66. The Morgan fingerprint density at radius 1 is 1.17 bits per heavy atom. The molecule has 1 fully saturated rings. The quantitative estimate of drug-likeness (QED) is 0.757. The van der Waals surface area contributed by atoms with E-state index in [0.29, 0.717) is 0 Å². The fourth-order valence-electron chi connectivity index (χ4n) is 3.16. The Bertz CT molecular complexity index is 856. The van der Waals surface area contributed by atoms with Gasteiger partial charge in [0.2, 0.25) is 5.91 Å². The van der Waals surface area contributed by atoms with Gasteiger partial charge in [-0.05, 0) is 41.0 Å². The zero-order valence-electron chi connectivity index (χ0n) is 13.2. The van der Waals surface area contributed by atoms with Crippen LogP contribution in [0, 0.1) is 5.92 Å². The van der Waals surface area contributed by atoms with E-state index in [1.165, 1.54) is 0 Å². The molecule has 1 amide bonds. The van der Waals surface area contributed by atoms with E-state index in [1.54, 1.807) is 6.26 Å². The minimum absolute atomic E-state index is 0.0174. The highest BCUT2D eigenvalue weighted by atomic mass is 16.3. The molecule has 4 heteroatoms. The van der Waals surface area contributed by atoms with Gasteiger partial charge in [0.15, 0.2) is 0 Å². The number of hydrogen-bond donors (Lipinski definition) is 2. The minimum Gasteiger partial charge on any atom is -0.469 e. The normalized spacial score (nSPS) is 20.7. The molecule has 0 radical (unpaired) electrons. The molecule has 0 unspecified atom stereocenters. The molecule has 1 aliphatic carbocycles. The second-order valence-electron chi connectivity index (χ2n) is 6.33. The van der Waals surface area contributed by atoms with Gasteiger partial charge in [0.05, 0.1) is 12.4 Å². The summed E-state index contributed by atoms with van der Waals surface area (Å²) in [5, 5.41) is 15.4. The van der Waals surface area contributed by atoms with E-state index < -0.39 is 6.10 Å². The first kappa shape index (κ1) is 15.0. The van der Waals surface area contributed by atoms with Crippen LogP contribution in [0.1, 0.15) is 29.8 Å². The van der Waals surface area contributed by atoms with Gasteiger partial charge in [0, 0.05) is 18.4 Å². The summed E-state index contributed by atoms with van der Waals surface area (Å²) in [6.45, 7) is 0.221. The molecule has 1 aromatic heterocycles. The Balaban J connectivity index is 1.36. The van der Waals surface area contributed by atoms with Crippen LogP contribution in [0.2, 0.25) is 0 Å². The van der Waals surface area contributed by atoms with Crippen molar-refractivity contribution in [3.8, 4) is 0 Å². The van der Waals surface area contributed by atoms with Crippen molar-refractivity contribution in [2.75, 3.05) is 6.54 Å². The Kier molecular flexibility index (Phi) is 3.82. The molecule has 2 aromatic carbocycles. The molecule has 1 heterocycles. The van der Waals surface area contributed by atoms with Gasteiger partial charge in [-0.1, -0.05) is 36.4 Å². The molecular weight excluding hydrogens is 302 g/mol. The molecular formula is C20H19NO3. The lowest BCUT2D eigenvalue weighted by molar-refractivity contribution is -0.122. The zero-order chi connectivity index (χ0) is 16.5. The average molecular weight is 321 g/mol. The van der Waals surface area contributed by atoms with Crippen molar-refractivity contribution in [3.63, 3.8) is 0 Å². The lowest BCUT2D eigenvalue weighted by Gasteiger charge is -2.13. The summed E-state index contributed by atoms with van der Waals surface area (Å²) in [6, 6.07) is 17.6. The minimum atomic E-state index is -0.709. The van der Waals surface area contributed by atoms with Crippen molar-refractivity contribution >= 4 is 16.7 Å². The van der Waals surface area contributed by atoms with Crippen LogP contribution >= 0.6 is 0 Å². The summed E-state index contributed by atoms with van der Waals surface area (Å²) >= 11 is 0. The van der Waals surface area contributed by atoms with Crippen LogP contribution in [-0.4, -0.2) is 17.6 Å². The maximum Gasteiger partial charge on any atom is 0.223 e. The molecule has 4 rings (SSSR count). The van der Waals surface area contributed by atoms with Gasteiger partial charge in [-0.2, -0.15) is 0 Å². The molecule has 1 aliphatic rings. The number of furan rings is 1. The summed E-state index contributed by atoms with van der Waals surface area (Å²) in [5.41, 5.74) is 0.812. The van der Waals surface area contributed by atoms with Crippen molar-refractivity contribution in [3.05, 3.63) is 72.2 Å². The van der Waals surface area contributed by atoms with E-state index in [9.17, 15) is 9.90 Å². The number of aliphatic hydroxyl groups excluding tert-OH is 1. The molecule has 1 saturated carbocycles. The lowest BCUT2D eigenvalue weighted by atomic mass is 10.0. The van der Waals surface area contributed by atoms with Crippen LogP contribution in [0.4, 0.5) is 0 Å². The molecule has 0 saturated heterocycles. The molecule has 122 valence electrons. The highest BCUT2D eigenvalue weighted by Crippen LogP contribution is 2.47. The van der Waals surface area contributed by atoms with Crippen molar-refractivity contribution in [1.82, 2.24) is 5.32 Å². The monoisotopic (exact) mass is 321 g/mol. The Labute approximate surface area is 140 Å². The van der Waals surface area contributed by atoms with E-state index >= 15 is 0 Å². The Morgan fingerprint density at radius 3 is 2.79 bits per heavy atom. The molecule has 24 heavy (non-hydrogen) atoms. The fourth-order valence-corrected chi connectivity index (χ4v) is 3.16. The first-order chi connectivity index (χ1) is 11.7. The van der Waals surface area contributed by atoms with Crippen LogP contribution in [0.25, 0.3) is 10.8 Å². The Hall–Kier alpha value is -2.59. The SMILES string of the molecule is O=C(NC[C@H](O)c1ccc2ccccc2c1)[C@H]1C[C@H]1c1ccco1. The third kappa shape index (κ3) is 2.93. The second kappa shape index (κ2) is 6.13. The largest absolute Gasteiger partial charge is 0.469 e. The number of amides is 1. The van der Waals surface area contributed by atoms with Gasteiger partial charge in [-0.3, -0.25) is 4.79 Å². The number of hydrogen-bond acceptors (Lipinski definition) is 3. The van der Waals surface area contributed by atoms with Gasteiger partial charge >= 0.3 is 0 Å². The van der Waals surface area contributed by atoms with Crippen LogP contribution < -0.4 is 5.32 Å². The highest BCUT2D eigenvalue weighted by Gasteiger charge is 2.45. The molecule has 0 bridgehead atoms. The summed E-state index contributed by atoms with van der Waals surface area (Å²) in [6.07, 6.45) is 1.73. The topological polar surface area (TPSA) is 62.5 Å². The first-order valence-corrected chi connectivity index (χ1v) is 8.20. The van der Waals surface area contributed by atoms with Crippen LogP contribution in [0.5, 0.6) is 0 Å². The average Bonchev–Trinajstić information content (AvgIpc) is 3.24. The lowest BCUT2D eigenvalue weighted by Crippen LogP contribution is -2.29. The van der Waals surface area contributed by atoms with Crippen LogP contribution in [0.3, 0.4) is 0 Å². The number of fused-ring (bicyclic) bond motifs is 1. The van der Waals surface area contributed by atoms with Crippen LogP contribution in [0.15, 0.2) is 65.3 Å². The van der Waals surface area contributed by atoms with Crippen LogP contribution in [-0.2, 0) is 4.79 Å². The first-order valence-electron chi connectivity index (χ1n) is 8.20. The maximum atomic E-state index is 12.2. The van der Waals surface area contributed by atoms with E-state index in [4.69, 9.17) is 4.42 Å². The number of nitrogens with one attached hydrogen (secondary N) is 1. The van der Waals surface area contributed by atoms with E-state index in [-0.39, 0.29) is 24.3 Å². The predicted molar refractivity (Wildman–Crippen MR) is 91.5 cm³/mol. The van der Waals surface area contributed by atoms with Crippen molar-refractivity contribution < 1.29 is 14.3 Å². The summed E-state index contributed by atoms with van der Waals surface area (Å²) in [5.74, 6) is 0.985. The second-order valence-corrected chi connectivity index (χ2v) is 6.33. The summed E-state index contributed by atoms with van der Waals surface area (Å²) in [7, 11) is 0. The molecule has 0 aliphatic heterocycles. The third-order valence-corrected chi connectivity index (χ3v) is 4.66. The maximum absolute atomic E-state index is 12.2. The summed E-state index contributed by atoms with van der Waals surface area (Å²) in [4.78, 5) is 12.2. The molecule has 3 aromatic rings. The number of carbonyl (C=O) groups is 1. The van der Waals surface area contributed by atoms with E-state index in [1.807, 2.05) is 54.6 Å². The van der Waals surface area contributed by atoms with Crippen molar-refractivity contribution in [2.45, 2.75) is 18.4 Å². The molecule has 2 N–H and O–H groups in total. The van der Waals surface area contributed by atoms with Gasteiger partial charge in [0.1, 0.15) is 5.76 Å². The van der Waals surface area contributed by atoms with Gasteiger partial charge in [-0.15, -0.1) is 0 Å². The molecule has 0 spiro atoms. The standard InChI is InChI=1S/C20H19NO3/c22-18(15-8-7-13-4-1-2-5-14(13)10-15)12-21-20(23)17-11-16(17)19-6-3-9-24-19/h1-10,16-18,22H,11-12H2,(H,21,23)/t16-,17+,18+/m1/s1. The van der Waals surface area contributed by atoms with E-state index in [0.717, 1.165) is 28.5 Å². The van der Waals surface area contributed by atoms with Gasteiger partial charge < -0.3 is 14.8 Å². The molecule has 3 atom stereocenters. The predicted octanol–water partition coefficient (Wildman–Crippen LogP) is 3.39. The smallest absolute Gasteiger partial charge is 0.223 e. The number of rotatable bonds is 5. The molecule has 4 nitrogen and oxygen atoms in total. The summed E-state index contributed by atoms with van der Waals surface area (Å²) < 4.78 is 5.34. The fraction of sp³-hybridized carbons (Fsp3) is 0.250. The number of carbonyl (C=O) groups excluding carboxylic acids is 1. The van der Waals surface area contributed by atoms with Gasteiger partial charge in [-0.25, -0.2) is 0 Å². The van der Waals surface area contributed by atoms with Crippen molar-refractivity contribution in [1.29, 1.82) is 0 Å². The highest BCUT2D eigenvalue weighted by molar-refractivity contribution is 5.84. The van der Waals surface area contributed by atoms with E-state index in [2.05, 4.69) is 5.32 Å². The Morgan fingerprint density at radius 2 is 2.00 bits per heavy atom. The van der Waals surface area contributed by atoms with Gasteiger partial charge in [0.25, 0.3) is 0 Å². The zero-order valence-corrected chi connectivity index (χ0v) is 13.2. The number of aliphatic hydroxyl groups is 1. The number of benzene rings is 2.